The molecule has 2 aromatic carbocycles. The van der Waals surface area contributed by atoms with Crippen LogP contribution in [0.3, 0.4) is 0 Å². The van der Waals surface area contributed by atoms with Crippen LogP contribution in [0.5, 0.6) is 5.75 Å². The number of fused-ring (bicyclic) bond motifs is 1. The van der Waals surface area contributed by atoms with Gasteiger partial charge in [-0.2, -0.15) is 5.11 Å². The summed E-state index contributed by atoms with van der Waals surface area (Å²) in [6.07, 6.45) is 8.08. The number of rotatable bonds is 12. The van der Waals surface area contributed by atoms with Crippen LogP contribution in [-0.4, -0.2) is 25.8 Å². The first-order valence-corrected chi connectivity index (χ1v) is 13.6. The van der Waals surface area contributed by atoms with Crippen molar-refractivity contribution < 1.29 is 13.2 Å². The van der Waals surface area contributed by atoms with Crippen LogP contribution < -0.4 is 9.54 Å². The summed E-state index contributed by atoms with van der Waals surface area (Å²) in [6.45, 7) is 3.24. The summed E-state index contributed by atoms with van der Waals surface area (Å²) in [6, 6.07) is 13.4. The molecule has 0 atom stereocenters. The number of benzene rings is 2. The average Bonchev–Trinajstić information content (AvgIpc) is 3.07. The van der Waals surface area contributed by atoms with Crippen LogP contribution in [-0.2, 0) is 16.6 Å². The molecule has 1 heterocycles. The van der Waals surface area contributed by atoms with Crippen LogP contribution in [0, 0.1) is 5.53 Å². The number of aromatic nitrogens is 1. The summed E-state index contributed by atoms with van der Waals surface area (Å²) in [5.41, 5.74) is 9.84. The topological polar surface area (TPSA) is 96.9 Å². The van der Waals surface area contributed by atoms with Crippen LogP contribution in [0.25, 0.3) is 10.2 Å². The highest BCUT2D eigenvalue weighted by molar-refractivity contribution is 7.89. The van der Waals surface area contributed by atoms with Crippen molar-refractivity contribution in [2.75, 3.05) is 12.9 Å². The van der Waals surface area contributed by atoms with Crippen LogP contribution in [0.15, 0.2) is 52.0 Å². The van der Waals surface area contributed by atoms with E-state index >= 15 is 0 Å². The first-order chi connectivity index (χ1) is 15.4. The fourth-order valence-electron chi connectivity index (χ4n) is 3.48. The molecule has 9 heteroatoms. The van der Waals surface area contributed by atoms with Gasteiger partial charge in [-0.1, -0.05) is 80.7 Å². The molecule has 0 fully saturated rings. The second kappa shape index (κ2) is 11.4. The molecule has 0 radical (unpaired) electrons. The minimum atomic E-state index is -3.57. The van der Waals surface area contributed by atoms with Gasteiger partial charge in [-0.3, -0.25) is 0 Å². The van der Waals surface area contributed by atoms with E-state index in [-0.39, 0.29) is 0 Å². The van der Waals surface area contributed by atoms with Crippen LogP contribution >= 0.6 is 11.3 Å². The molecular formula is C23H30N4O3S2. The van der Waals surface area contributed by atoms with E-state index < -0.39 is 10.0 Å². The van der Waals surface area contributed by atoms with Crippen LogP contribution in [0.4, 0.5) is 5.69 Å². The fourth-order valence-corrected chi connectivity index (χ4v) is 5.34. The molecule has 0 saturated carbocycles. The maximum Gasteiger partial charge on any atom is 0.252 e. The molecule has 0 amide bonds. The normalized spacial score (nSPS) is 12.4. The SMILES string of the molecule is CCCCCCCCOc1cc2c(cc1N=N)s/c(=N/S(C)(=O)=O)n2Cc1ccccc1. The van der Waals surface area contributed by atoms with Crippen LogP contribution in [0.2, 0.25) is 0 Å². The van der Waals surface area contributed by atoms with Gasteiger partial charge in [-0.05, 0) is 18.1 Å². The van der Waals surface area contributed by atoms with Crippen molar-refractivity contribution in [3.8, 4) is 5.75 Å². The van der Waals surface area contributed by atoms with Crippen molar-refractivity contribution in [3.63, 3.8) is 0 Å². The molecule has 7 nitrogen and oxygen atoms in total. The number of unbranched alkanes of at least 4 members (excludes halogenated alkanes) is 5. The fraction of sp³-hybridized carbons (Fsp3) is 0.435. The number of hydrogen-bond acceptors (Lipinski definition) is 6. The van der Waals surface area contributed by atoms with Crippen molar-refractivity contribution >= 4 is 37.3 Å². The van der Waals surface area contributed by atoms with Gasteiger partial charge < -0.3 is 9.30 Å². The monoisotopic (exact) mass is 474 g/mol. The maximum atomic E-state index is 11.9. The highest BCUT2D eigenvalue weighted by Gasteiger charge is 2.14. The van der Waals surface area contributed by atoms with E-state index in [4.69, 9.17) is 10.3 Å². The minimum absolute atomic E-state index is 0.385. The Balaban J connectivity index is 1.93. The van der Waals surface area contributed by atoms with E-state index in [1.54, 1.807) is 6.07 Å². The summed E-state index contributed by atoms with van der Waals surface area (Å²) in [4.78, 5) is 0.385. The second-order valence-electron chi connectivity index (χ2n) is 7.80. The van der Waals surface area contributed by atoms with E-state index in [0.29, 0.717) is 29.4 Å². The van der Waals surface area contributed by atoms with Gasteiger partial charge in [0, 0.05) is 6.07 Å². The number of nitrogens with zero attached hydrogens (tertiary/aromatic N) is 3. The minimum Gasteiger partial charge on any atom is -0.491 e. The molecule has 0 spiro atoms. The first-order valence-electron chi connectivity index (χ1n) is 10.9. The molecule has 1 aromatic heterocycles. The van der Waals surface area contributed by atoms with Gasteiger partial charge in [0.05, 0.1) is 29.6 Å². The van der Waals surface area contributed by atoms with E-state index in [1.807, 2.05) is 41.0 Å². The molecule has 1 N–H and O–H groups in total. The van der Waals surface area contributed by atoms with Gasteiger partial charge in [0.2, 0.25) is 4.80 Å². The van der Waals surface area contributed by atoms with E-state index in [9.17, 15) is 8.42 Å². The predicted molar refractivity (Wildman–Crippen MR) is 129 cm³/mol. The van der Waals surface area contributed by atoms with Crippen molar-refractivity contribution in [2.24, 2.45) is 9.51 Å². The summed E-state index contributed by atoms with van der Waals surface area (Å²) in [7, 11) is -3.57. The third kappa shape index (κ3) is 6.74. The number of ether oxygens (including phenoxy) is 1. The third-order valence-corrected chi connectivity index (χ3v) is 6.73. The van der Waals surface area contributed by atoms with Crippen LogP contribution in [0.1, 0.15) is 51.0 Å². The summed E-state index contributed by atoms with van der Waals surface area (Å²) in [5, 5.41) is 3.63. The van der Waals surface area contributed by atoms with Gasteiger partial charge in [0.1, 0.15) is 11.4 Å². The van der Waals surface area contributed by atoms with E-state index in [0.717, 1.165) is 34.9 Å². The Labute approximate surface area is 193 Å². The Morgan fingerprint density at radius 3 is 2.47 bits per heavy atom. The van der Waals surface area contributed by atoms with E-state index in [2.05, 4.69) is 16.4 Å². The Hall–Kier alpha value is -2.52. The predicted octanol–water partition coefficient (Wildman–Crippen LogP) is 6.01. The lowest BCUT2D eigenvalue weighted by atomic mass is 10.1. The zero-order chi connectivity index (χ0) is 23.0. The highest BCUT2D eigenvalue weighted by Crippen LogP contribution is 2.34. The smallest absolute Gasteiger partial charge is 0.252 e. The number of nitrogens with one attached hydrogen (secondary N) is 1. The molecule has 0 saturated heterocycles. The molecule has 0 aliphatic heterocycles. The van der Waals surface area contributed by atoms with Gasteiger partial charge >= 0.3 is 0 Å². The van der Waals surface area contributed by atoms with Crippen molar-refractivity contribution in [3.05, 3.63) is 52.8 Å². The number of sulfonamides is 1. The molecule has 172 valence electrons. The Bertz CT molecular complexity index is 1220. The molecule has 0 aliphatic rings. The lowest BCUT2D eigenvalue weighted by molar-refractivity contribution is 0.305. The number of thiazole rings is 1. The summed E-state index contributed by atoms with van der Waals surface area (Å²) < 4.78 is 36.4. The quantitative estimate of drug-likeness (QED) is 0.257. The molecule has 0 unspecified atom stereocenters. The molecule has 0 aliphatic carbocycles. The van der Waals surface area contributed by atoms with Gasteiger partial charge in [0.25, 0.3) is 10.0 Å². The van der Waals surface area contributed by atoms with Crippen molar-refractivity contribution in [1.29, 1.82) is 5.53 Å². The lowest BCUT2D eigenvalue weighted by Gasteiger charge is -2.10. The second-order valence-corrected chi connectivity index (χ2v) is 10.5. The maximum absolute atomic E-state index is 11.9. The molecule has 0 bridgehead atoms. The zero-order valence-corrected chi connectivity index (χ0v) is 20.2. The van der Waals surface area contributed by atoms with Gasteiger partial charge in [-0.25, -0.2) is 13.9 Å². The molecule has 32 heavy (non-hydrogen) atoms. The molecular weight excluding hydrogens is 444 g/mol. The van der Waals surface area contributed by atoms with Crippen molar-refractivity contribution in [1.82, 2.24) is 4.57 Å². The first kappa shape index (κ1) is 24.1. The highest BCUT2D eigenvalue weighted by atomic mass is 32.2. The van der Waals surface area contributed by atoms with Gasteiger partial charge in [0.15, 0.2) is 0 Å². The summed E-state index contributed by atoms with van der Waals surface area (Å²) >= 11 is 1.27. The zero-order valence-electron chi connectivity index (χ0n) is 18.6. The Morgan fingerprint density at radius 2 is 1.78 bits per heavy atom. The average molecular weight is 475 g/mol. The van der Waals surface area contributed by atoms with E-state index in [1.165, 1.54) is 37.0 Å². The third-order valence-electron chi connectivity index (χ3n) is 5.07. The largest absolute Gasteiger partial charge is 0.491 e. The number of hydrogen-bond donors (Lipinski definition) is 1. The summed E-state index contributed by atoms with van der Waals surface area (Å²) in [5.74, 6) is 0.534. The molecule has 3 aromatic rings. The van der Waals surface area contributed by atoms with Crippen molar-refractivity contribution in [2.45, 2.75) is 52.0 Å². The Kier molecular flexibility index (Phi) is 8.58. The lowest BCUT2D eigenvalue weighted by Crippen LogP contribution is -2.17. The standard InChI is InChI=1S/C23H30N4O3S2/c1-3-4-5-6-7-11-14-30-21-16-20-22(15-19(21)25-24)31-23(26-32(2,28)29)27(20)17-18-12-9-8-10-13-18/h8-10,12-13,15-16,24H,3-7,11,14,17H2,1-2H3/b25-24?,26-23+. The molecule has 3 rings (SSSR count). The Morgan fingerprint density at radius 1 is 1.06 bits per heavy atom. The van der Waals surface area contributed by atoms with Gasteiger partial charge in [-0.15, -0.1) is 4.40 Å².